The van der Waals surface area contributed by atoms with Gasteiger partial charge in [-0.05, 0) is 29.8 Å². The van der Waals surface area contributed by atoms with E-state index in [1.807, 2.05) is 30.3 Å². The highest BCUT2D eigenvalue weighted by Crippen LogP contribution is 2.40. The Balaban J connectivity index is 1.82. The summed E-state index contributed by atoms with van der Waals surface area (Å²) in [5, 5.41) is 4.25. The first-order valence-electron chi connectivity index (χ1n) is 7.44. The lowest BCUT2D eigenvalue weighted by Gasteiger charge is -2.06. The molecule has 118 valence electrons. The summed E-state index contributed by atoms with van der Waals surface area (Å²) in [5.74, 6) is 0.855. The maximum Gasteiger partial charge on any atom is 0.128 e. The zero-order valence-corrected chi connectivity index (χ0v) is 14.6. The van der Waals surface area contributed by atoms with E-state index in [1.165, 1.54) is 4.90 Å². The molecule has 0 bridgehead atoms. The van der Waals surface area contributed by atoms with Crippen molar-refractivity contribution in [1.29, 1.82) is 0 Å². The lowest BCUT2D eigenvalue weighted by molar-refractivity contribution is 0.415. The van der Waals surface area contributed by atoms with Gasteiger partial charge in [0.2, 0.25) is 0 Å². The highest BCUT2D eigenvalue weighted by molar-refractivity contribution is 7.99. The average molecular weight is 350 g/mol. The topological polar surface area (TPSA) is 35.0 Å². The molecule has 0 aliphatic heterocycles. The Morgan fingerprint density at radius 2 is 1.75 bits per heavy atom. The molecule has 0 fully saturated rings. The Labute approximate surface area is 148 Å². The van der Waals surface area contributed by atoms with Crippen molar-refractivity contribution in [3.05, 3.63) is 66.3 Å². The molecule has 0 aliphatic carbocycles. The normalized spacial score (nSPS) is 10.9. The molecule has 0 saturated heterocycles. The van der Waals surface area contributed by atoms with Gasteiger partial charge in [0.15, 0.2) is 0 Å². The summed E-state index contributed by atoms with van der Waals surface area (Å²) in [6.45, 7) is 0. The van der Waals surface area contributed by atoms with Crippen LogP contribution in [0, 0.1) is 0 Å². The van der Waals surface area contributed by atoms with E-state index in [-0.39, 0.29) is 0 Å². The van der Waals surface area contributed by atoms with Gasteiger partial charge in [-0.3, -0.25) is 0 Å². The average Bonchev–Trinajstić information content (AvgIpc) is 3.08. The van der Waals surface area contributed by atoms with Gasteiger partial charge in [0.25, 0.3) is 0 Å². The fourth-order valence-electron chi connectivity index (χ4n) is 2.51. The summed E-state index contributed by atoms with van der Waals surface area (Å²) >= 11 is 3.32. The highest BCUT2D eigenvalue weighted by Gasteiger charge is 2.14. The van der Waals surface area contributed by atoms with E-state index in [1.54, 1.807) is 36.5 Å². The van der Waals surface area contributed by atoms with Gasteiger partial charge in [0.1, 0.15) is 21.9 Å². The van der Waals surface area contributed by atoms with Gasteiger partial charge < -0.3 is 4.74 Å². The van der Waals surface area contributed by atoms with Crippen molar-refractivity contribution in [3.8, 4) is 16.9 Å². The fraction of sp³-hybridized carbons (Fsp3) is 0.0526. The van der Waals surface area contributed by atoms with Gasteiger partial charge in [-0.25, -0.2) is 9.97 Å². The molecule has 0 spiro atoms. The molecule has 3 nitrogen and oxygen atoms in total. The predicted octanol–water partition coefficient (Wildman–Crippen LogP) is 5.52. The van der Waals surface area contributed by atoms with Crippen LogP contribution in [0.1, 0.15) is 0 Å². The molecule has 2 aromatic heterocycles. The van der Waals surface area contributed by atoms with Gasteiger partial charge in [0, 0.05) is 15.8 Å². The third-order valence-corrected chi connectivity index (χ3v) is 5.59. The Morgan fingerprint density at radius 3 is 2.50 bits per heavy atom. The van der Waals surface area contributed by atoms with Crippen LogP contribution in [-0.2, 0) is 0 Å². The van der Waals surface area contributed by atoms with Crippen molar-refractivity contribution in [2.75, 3.05) is 7.11 Å². The van der Waals surface area contributed by atoms with E-state index in [4.69, 9.17) is 4.74 Å². The Hall–Kier alpha value is -2.37. The number of methoxy groups -OCH3 is 1. The largest absolute Gasteiger partial charge is 0.497 e. The summed E-state index contributed by atoms with van der Waals surface area (Å²) in [7, 11) is 1.68. The Bertz CT molecular complexity index is 966. The van der Waals surface area contributed by atoms with E-state index < -0.39 is 0 Å². The van der Waals surface area contributed by atoms with Gasteiger partial charge >= 0.3 is 0 Å². The molecule has 5 heteroatoms. The lowest BCUT2D eigenvalue weighted by Crippen LogP contribution is -1.86. The number of hydrogen-bond acceptors (Lipinski definition) is 5. The van der Waals surface area contributed by atoms with Crippen LogP contribution in [0.15, 0.2) is 76.2 Å². The highest BCUT2D eigenvalue weighted by atomic mass is 32.2. The maximum atomic E-state index is 5.25. The summed E-state index contributed by atoms with van der Waals surface area (Å²) in [4.78, 5) is 11.1. The summed E-state index contributed by atoms with van der Waals surface area (Å²) in [5.41, 5.74) is 2.31. The van der Waals surface area contributed by atoms with Gasteiger partial charge in [0.05, 0.1) is 12.5 Å². The summed E-state index contributed by atoms with van der Waals surface area (Å²) in [6.07, 6.45) is 1.64. The number of rotatable bonds is 4. The molecule has 0 unspecified atom stereocenters. The van der Waals surface area contributed by atoms with Crippen molar-refractivity contribution in [2.45, 2.75) is 9.92 Å². The molecular weight excluding hydrogens is 336 g/mol. The maximum absolute atomic E-state index is 5.25. The first-order chi connectivity index (χ1) is 11.8. The van der Waals surface area contributed by atoms with Crippen molar-refractivity contribution in [1.82, 2.24) is 9.97 Å². The number of fused-ring (bicyclic) bond motifs is 1. The third kappa shape index (κ3) is 2.88. The first kappa shape index (κ1) is 15.2. The van der Waals surface area contributed by atoms with Crippen molar-refractivity contribution < 1.29 is 4.74 Å². The first-order valence-corrected chi connectivity index (χ1v) is 9.14. The van der Waals surface area contributed by atoms with E-state index in [9.17, 15) is 0 Å². The second-order valence-electron chi connectivity index (χ2n) is 5.15. The Morgan fingerprint density at radius 1 is 0.958 bits per heavy atom. The molecule has 2 heterocycles. The van der Waals surface area contributed by atoms with Crippen LogP contribution in [0.2, 0.25) is 0 Å². The number of aromatic nitrogens is 2. The quantitative estimate of drug-likeness (QED) is 0.454. The molecule has 0 saturated carbocycles. The second kappa shape index (κ2) is 6.63. The van der Waals surface area contributed by atoms with Gasteiger partial charge in [-0.1, -0.05) is 42.1 Å². The van der Waals surface area contributed by atoms with E-state index in [0.717, 1.165) is 32.1 Å². The van der Waals surface area contributed by atoms with Crippen LogP contribution < -0.4 is 4.74 Å². The van der Waals surface area contributed by atoms with Gasteiger partial charge in [-0.2, -0.15) is 0 Å². The van der Waals surface area contributed by atoms with E-state index >= 15 is 0 Å². The van der Waals surface area contributed by atoms with E-state index in [2.05, 4.69) is 39.6 Å². The molecule has 4 aromatic rings. The molecule has 0 radical (unpaired) electrons. The molecule has 4 rings (SSSR count). The van der Waals surface area contributed by atoms with Crippen molar-refractivity contribution >= 4 is 33.3 Å². The summed E-state index contributed by atoms with van der Waals surface area (Å²) < 4.78 is 5.25. The molecule has 0 aliphatic rings. The van der Waals surface area contributed by atoms with Gasteiger partial charge in [-0.15, -0.1) is 11.3 Å². The van der Waals surface area contributed by atoms with Crippen LogP contribution in [0.4, 0.5) is 0 Å². The SMILES string of the molecule is COc1ccc(-c2csc3ncnc(Sc4ccccc4)c23)cc1. The standard InChI is InChI=1S/C19H14N2OS2/c1-22-14-9-7-13(8-10-14)16-11-23-18-17(16)19(21-12-20-18)24-15-5-3-2-4-6-15/h2-12H,1H3. The summed E-state index contributed by atoms with van der Waals surface area (Å²) in [6, 6.07) is 18.4. The van der Waals surface area contributed by atoms with E-state index in [0.29, 0.717) is 0 Å². The molecule has 24 heavy (non-hydrogen) atoms. The third-order valence-electron chi connectivity index (χ3n) is 3.69. The van der Waals surface area contributed by atoms with Crippen LogP contribution >= 0.6 is 23.1 Å². The zero-order chi connectivity index (χ0) is 16.4. The monoisotopic (exact) mass is 350 g/mol. The molecule has 0 atom stereocenters. The molecule has 2 aromatic carbocycles. The minimum atomic E-state index is 0.855. The predicted molar refractivity (Wildman–Crippen MR) is 100.0 cm³/mol. The second-order valence-corrected chi connectivity index (χ2v) is 7.07. The minimum absolute atomic E-state index is 0.855. The molecular formula is C19H14N2OS2. The fourth-order valence-corrected chi connectivity index (χ4v) is 4.41. The molecule has 0 amide bonds. The minimum Gasteiger partial charge on any atom is -0.497 e. The number of ether oxygens (including phenoxy) is 1. The number of benzene rings is 2. The number of nitrogens with zero attached hydrogens (tertiary/aromatic N) is 2. The van der Waals surface area contributed by atoms with Crippen LogP contribution in [0.5, 0.6) is 5.75 Å². The van der Waals surface area contributed by atoms with Crippen molar-refractivity contribution in [2.24, 2.45) is 0 Å². The smallest absolute Gasteiger partial charge is 0.128 e. The number of hydrogen-bond donors (Lipinski definition) is 0. The van der Waals surface area contributed by atoms with Crippen LogP contribution in [-0.4, -0.2) is 17.1 Å². The number of thiophene rings is 1. The Kier molecular flexibility index (Phi) is 4.19. The van der Waals surface area contributed by atoms with Crippen LogP contribution in [0.25, 0.3) is 21.3 Å². The zero-order valence-electron chi connectivity index (χ0n) is 13.0. The van der Waals surface area contributed by atoms with Crippen LogP contribution in [0.3, 0.4) is 0 Å². The lowest BCUT2D eigenvalue weighted by atomic mass is 10.1. The molecule has 0 N–H and O–H groups in total. The van der Waals surface area contributed by atoms with Crippen molar-refractivity contribution in [3.63, 3.8) is 0 Å².